The molecule has 108 valence electrons. The summed E-state index contributed by atoms with van der Waals surface area (Å²) in [6.45, 7) is 1.55. The van der Waals surface area contributed by atoms with E-state index in [1.807, 2.05) is 0 Å². The van der Waals surface area contributed by atoms with Gasteiger partial charge in [0.25, 0.3) is 0 Å². The maximum absolute atomic E-state index is 12.6. The van der Waals surface area contributed by atoms with Gasteiger partial charge in [-0.05, 0) is 30.2 Å². The molecule has 0 atom stereocenters. The number of carbonyl (C=O) groups excluding carboxylic acids is 1. The summed E-state index contributed by atoms with van der Waals surface area (Å²) in [4.78, 5) is 13.5. The minimum absolute atomic E-state index is 0.0752. The van der Waals surface area contributed by atoms with E-state index >= 15 is 0 Å². The van der Waals surface area contributed by atoms with Gasteiger partial charge in [0.1, 0.15) is 0 Å². The zero-order chi connectivity index (χ0) is 14.3. The quantitative estimate of drug-likeness (QED) is 0.841. The number of nitrogens with zero attached hydrogens (tertiary/aromatic N) is 2. The third-order valence-electron chi connectivity index (χ3n) is 3.85. The van der Waals surface area contributed by atoms with Gasteiger partial charge in [0, 0.05) is 32.4 Å². The molecule has 1 aromatic rings. The highest BCUT2D eigenvalue weighted by Crippen LogP contribution is 2.27. The van der Waals surface area contributed by atoms with Gasteiger partial charge in [-0.15, -0.1) is 0 Å². The Bertz CT molecular complexity index is 657. The number of piperazine rings is 1. The SMILES string of the molecule is CN1CCN(S(=O)(=O)c2ccc3c(c2)CCN3)CC1=O. The van der Waals surface area contributed by atoms with Crippen molar-refractivity contribution in [2.24, 2.45) is 0 Å². The number of carbonyl (C=O) groups is 1. The molecule has 1 aromatic carbocycles. The van der Waals surface area contributed by atoms with Crippen LogP contribution in [0.25, 0.3) is 0 Å². The van der Waals surface area contributed by atoms with Crippen molar-refractivity contribution in [2.75, 3.05) is 38.5 Å². The third-order valence-corrected chi connectivity index (χ3v) is 5.69. The van der Waals surface area contributed by atoms with Crippen LogP contribution in [0.15, 0.2) is 23.1 Å². The average Bonchev–Trinajstić information content (AvgIpc) is 2.89. The van der Waals surface area contributed by atoms with Crippen molar-refractivity contribution in [3.63, 3.8) is 0 Å². The molecule has 7 heteroatoms. The van der Waals surface area contributed by atoms with Crippen LogP contribution >= 0.6 is 0 Å². The molecule has 6 nitrogen and oxygen atoms in total. The molecule has 1 fully saturated rings. The molecule has 2 aliphatic heterocycles. The first kappa shape index (κ1) is 13.4. The molecule has 0 spiro atoms. The van der Waals surface area contributed by atoms with E-state index in [4.69, 9.17) is 0 Å². The van der Waals surface area contributed by atoms with E-state index in [1.54, 1.807) is 30.1 Å². The Labute approximate surface area is 118 Å². The van der Waals surface area contributed by atoms with Gasteiger partial charge in [0.2, 0.25) is 15.9 Å². The predicted octanol–water partition coefficient (Wildman–Crippen LogP) is 0.117. The molecule has 3 rings (SSSR count). The Balaban J connectivity index is 1.90. The lowest BCUT2D eigenvalue weighted by Gasteiger charge is -2.31. The fraction of sp³-hybridized carbons (Fsp3) is 0.462. The molecule has 1 N–H and O–H groups in total. The van der Waals surface area contributed by atoms with Crippen LogP contribution in [0.2, 0.25) is 0 Å². The van der Waals surface area contributed by atoms with Gasteiger partial charge < -0.3 is 10.2 Å². The van der Waals surface area contributed by atoms with Crippen molar-refractivity contribution < 1.29 is 13.2 Å². The number of nitrogens with one attached hydrogen (secondary N) is 1. The Morgan fingerprint density at radius 3 is 2.80 bits per heavy atom. The number of amides is 1. The number of rotatable bonds is 2. The van der Waals surface area contributed by atoms with Gasteiger partial charge in [0.15, 0.2) is 0 Å². The van der Waals surface area contributed by atoms with Gasteiger partial charge in [-0.25, -0.2) is 8.42 Å². The number of hydrogen-bond donors (Lipinski definition) is 1. The van der Waals surface area contributed by atoms with Crippen LogP contribution in [-0.4, -0.2) is 56.8 Å². The van der Waals surface area contributed by atoms with Gasteiger partial charge in [-0.3, -0.25) is 4.79 Å². The summed E-state index contributed by atoms with van der Waals surface area (Å²) in [7, 11) is -1.89. The highest BCUT2D eigenvalue weighted by molar-refractivity contribution is 7.89. The molecule has 0 aliphatic carbocycles. The maximum Gasteiger partial charge on any atom is 0.243 e. The Kier molecular flexibility index (Phi) is 3.18. The molecule has 2 aliphatic rings. The van der Waals surface area contributed by atoms with Crippen molar-refractivity contribution in [3.8, 4) is 0 Å². The Hall–Kier alpha value is -1.60. The van der Waals surface area contributed by atoms with Gasteiger partial charge in [-0.2, -0.15) is 4.31 Å². The molecular formula is C13H17N3O3S. The Morgan fingerprint density at radius 1 is 1.25 bits per heavy atom. The van der Waals surface area contributed by atoms with Crippen molar-refractivity contribution in [1.29, 1.82) is 0 Å². The first-order chi connectivity index (χ1) is 9.48. The van der Waals surface area contributed by atoms with Gasteiger partial charge >= 0.3 is 0 Å². The summed E-state index contributed by atoms with van der Waals surface area (Å²) < 4.78 is 26.4. The average molecular weight is 295 g/mol. The van der Waals surface area contributed by atoms with E-state index < -0.39 is 10.0 Å². The van der Waals surface area contributed by atoms with E-state index in [2.05, 4.69) is 5.32 Å². The standard InChI is InChI=1S/C13H17N3O3S/c1-15-6-7-16(9-13(15)17)20(18,19)11-2-3-12-10(8-11)4-5-14-12/h2-3,8,14H,4-7,9H2,1H3. The molecule has 0 bridgehead atoms. The first-order valence-electron chi connectivity index (χ1n) is 6.59. The lowest BCUT2D eigenvalue weighted by Crippen LogP contribution is -2.50. The largest absolute Gasteiger partial charge is 0.384 e. The minimum atomic E-state index is -3.58. The summed E-state index contributed by atoms with van der Waals surface area (Å²) in [5.74, 6) is -0.164. The van der Waals surface area contributed by atoms with E-state index in [1.165, 1.54) is 4.31 Å². The maximum atomic E-state index is 12.6. The topological polar surface area (TPSA) is 69.7 Å². The number of hydrogen-bond acceptors (Lipinski definition) is 4. The predicted molar refractivity (Wildman–Crippen MR) is 75.0 cm³/mol. The van der Waals surface area contributed by atoms with Crippen LogP contribution in [0.3, 0.4) is 0 Å². The van der Waals surface area contributed by atoms with E-state index in [0.29, 0.717) is 13.1 Å². The fourth-order valence-corrected chi connectivity index (χ4v) is 3.96. The van der Waals surface area contributed by atoms with Crippen molar-refractivity contribution >= 4 is 21.6 Å². The zero-order valence-electron chi connectivity index (χ0n) is 11.3. The van der Waals surface area contributed by atoms with Gasteiger partial charge in [0.05, 0.1) is 11.4 Å². The summed E-state index contributed by atoms with van der Waals surface area (Å²) in [6, 6.07) is 5.12. The van der Waals surface area contributed by atoms with Crippen LogP contribution in [0, 0.1) is 0 Å². The van der Waals surface area contributed by atoms with Crippen LogP contribution < -0.4 is 5.32 Å². The van der Waals surface area contributed by atoms with Crippen LogP contribution in [-0.2, 0) is 21.2 Å². The monoisotopic (exact) mass is 295 g/mol. The van der Waals surface area contributed by atoms with Crippen LogP contribution in [0.4, 0.5) is 5.69 Å². The zero-order valence-corrected chi connectivity index (χ0v) is 12.1. The fourth-order valence-electron chi connectivity index (χ4n) is 2.53. The number of anilines is 1. The normalized spacial score (nSPS) is 19.9. The highest BCUT2D eigenvalue weighted by atomic mass is 32.2. The number of fused-ring (bicyclic) bond motifs is 1. The van der Waals surface area contributed by atoms with Crippen LogP contribution in [0.1, 0.15) is 5.56 Å². The number of sulfonamides is 1. The van der Waals surface area contributed by atoms with Crippen molar-refractivity contribution in [3.05, 3.63) is 23.8 Å². The van der Waals surface area contributed by atoms with Crippen molar-refractivity contribution in [2.45, 2.75) is 11.3 Å². The molecule has 1 saturated heterocycles. The van der Waals surface area contributed by atoms with E-state index in [-0.39, 0.29) is 17.3 Å². The number of benzene rings is 1. The highest BCUT2D eigenvalue weighted by Gasteiger charge is 2.31. The molecular weight excluding hydrogens is 278 g/mol. The summed E-state index contributed by atoms with van der Waals surface area (Å²) >= 11 is 0. The second-order valence-corrected chi connectivity index (χ2v) is 7.09. The summed E-state index contributed by atoms with van der Waals surface area (Å²) in [5.41, 5.74) is 2.02. The molecule has 0 radical (unpaired) electrons. The second-order valence-electron chi connectivity index (χ2n) is 5.15. The van der Waals surface area contributed by atoms with Crippen molar-refractivity contribution in [1.82, 2.24) is 9.21 Å². The molecule has 0 unspecified atom stereocenters. The van der Waals surface area contributed by atoms with E-state index in [9.17, 15) is 13.2 Å². The second kappa shape index (κ2) is 4.75. The molecule has 1 amide bonds. The smallest absolute Gasteiger partial charge is 0.243 e. The molecule has 20 heavy (non-hydrogen) atoms. The Morgan fingerprint density at radius 2 is 2.05 bits per heavy atom. The van der Waals surface area contributed by atoms with Gasteiger partial charge in [-0.1, -0.05) is 0 Å². The molecule has 0 saturated carbocycles. The van der Waals surface area contributed by atoms with E-state index in [0.717, 1.165) is 24.2 Å². The summed E-state index contributed by atoms with van der Waals surface area (Å²) in [6.07, 6.45) is 0.834. The molecule has 0 aromatic heterocycles. The lowest BCUT2D eigenvalue weighted by atomic mass is 10.2. The van der Waals surface area contributed by atoms with Crippen LogP contribution in [0.5, 0.6) is 0 Å². The molecule has 2 heterocycles. The minimum Gasteiger partial charge on any atom is -0.384 e. The first-order valence-corrected chi connectivity index (χ1v) is 8.03. The number of likely N-dealkylation sites (N-methyl/N-ethyl adjacent to an activating group) is 1. The summed E-state index contributed by atoms with van der Waals surface area (Å²) in [5, 5.41) is 3.20. The third kappa shape index (κ3) is 2.16. The lowest BCUT2D eigenvalue weighted by molar-refractivity contribution is -0.132.